The molecule has 39 heavy (non-hydrogen) atoms. The van der Waals surface area contributed by atoms with E-state index in [1.165, 1.54) is 5.01 Å². The fraction of sp³-hybridized carbons (Fsp3) is 0.464. The van der Waals surface area contributed by atoms with Gasteiger partial charge in [0.25, 0.3) is 11.8 Å². The number of hydrogen-bond donors (Lipinski definition) is 3. The number of carbonyl (C=O) groups excluding carboxylic acids is 4. The van der Waals surface area contributed by atoms with Gasteiger partial charge in [0.15, 0.2) is 6.61 Å². The summed E-state index contributed by atoms with van der Waals surface area (Å²) in [7, 11) is 0. The minimum absolute atomic E-state index is 0.237. The van der Waals surface area contributed by atoms with Crippen LogP contribution in [0.3, 0.4) is 0 Å². The molecule has 1 aromatic carbocycles. The first-order chi connectivity index (χ1) is 18.6. The Morgan fingerprint density at radius 3 is 2.46 bits per heavy atom. The topological polar surface area (TPSA) is 139 Å². The summed E-state index contributed by atoms with van der Waals surface area (Å²) in [6, 6.07) is 10.1. The number of esters is 1. The Labute approximate surface area is 227 Å². The molecule has 6 bridgehead atoms. The molecule has 0 unspecified atom stereocenters. The van der Waals surface area contributed by atoms with Gasteiger partial charge in [-0.15, -0.1) is 0 Å². The summed E-state index contributed by atoms with van der Waals surface area (Å²) in [6.45, 7) is 7.01. The Hall–Kier alpha value is -3.99. The van der Waals surface area contributed by atoms with Crippen molar-refractivity contribution in [1.82, 2.24) is 26.1 Å². The van der Waals surface area contributed by atoms with E-state index in [1.54, 1.807) is 45.9 Å². The molecule has 4 heterocycles. The number of hydrazine groups is 1. The molecule has 4 atom stereocenters. The van der Waals surface area contributed by atoms with Crippen LogP contribution >= 0.6 is 0 Å². The van der Waals surface area contributed by atoms with Crippen molar-refractivity contribution in [3.8, 4) is 17.0 Å². The molecule has 2 aromatic rings. The zero-order valence-corrected chi connectivity index (χ0v) is 22.6. The van der Waals surface area contributed by atoms with Crippen LogP contribution in [-0.4, -0.2) is 65.0 Å². The summed E-state index contributed by atoms with van der Waals surface area (Å²) in [5, 5.41) is 6.73. The molecule has 0 saturated carbocycles. The molecule has 0 aliphatic carbocycles. The van der Waals surface area contributed by atoms with Crippen LogP contribution in [0.1, 0.15) is 52.3 Å². The number of nitrogens with zero attached hydrogens (tertiary/aromatic N) is 2. The van der Waals surface area contributed by atoms with Crippen molar-refractivity contribution in [3.63, 3.8) is 0 Å². The molecule has 3 amide bonds. The number of rotatable bonds is 1. The second kappa shape index (κ2) is 12.2. The van der Waals surface area contributed by atoms with Crippen LogP contribution in [0.5, 0.6) is 5.75 Å². The van der Waals surface area contributed by atoms with E-state index in [-0.39, 0.29) is 12.5 Å². The Kier molecular flexibility index (Phi) is 8.80. The van der Waals surface area contributed by atoms with Crippen molar-refractivity contribution in [3.05, 3.63) is 48.2 Å². The Morgan fingerprint density at radius 1 is 1.00 bits per heavy atom. The molecule has 0 spiro atoms. The summed E-state index contributed by atoms with van der Waals surface area (Å²) in [5.74, 6) is -1.59. The molecule has 3 aliphatic heterocycles. The van der Waals surface area contributed by atoms with Crippen LogP contribution in [0.2, 0.25) is 0 Å². The molecule has 5 rings (SSSR count). The lowest BCUT2D eigenvalue weighted by molar-refractivity contribution is -0.157. The van der Waals surface area contributed by atoms with Crippen molar-refractivity contribution in [2.45, 2.75) is 64.8 Å². The minimum atomic E-state index is -0.892. The van der Waals surface area contributed by atoms with Crippen molar-refractivity contribution in [2.75, 3.05) is 13.2 Å². The lowest BCUT2D eigenvalue weighted by Crippen LogP contribution is -2.61. The van der Waals surface area contributed by atoms with E-state index in [9.17, 15) is 19.2 Å². The highest BCUT2D eigenvalue weighted by molar-refractivity contribution is 5.92. The number of nitrogens with one attached hydrogen (secondary N) is 3. The predicted molar refractivity (Wildman–Crippen MR) is 142 cm³/mol. The summed E-state index contributed by atoms with van der Waals surface area (Å²) < 4.78 is 11.3. The van der Waals surface area contributed by atoms with Crippen LogP contribution in [0.25, 0.3) is 11.3 Å². The van der Waals surface area contributed by atoms with Gasteiger partial charge in [-0.05, 0) is 69.0 Å². The second-order valence-electron chi connectivity index (χ2n) is 10.2. The third kappa shape index (κ3) is 6.91. The number of carbonyl (C=O) groups is 4. The van der Waals surface area contributed by atoms with Gasteiger partial charge in [-0.3, -0.25) is 24.2 Å². The molecular weight excluding hydrogens is 502 g/mol. The third-order valence-electron chi connectivity index (χ3n) is 6.73. The van der Waals surface area contributed by atoms with E-state index in [0.717, 1.165) is 5.56 Å². The van der Waals surface area contributed by atoms with Crippen LogP contribution in [0.15, 0.2) is 42.5 Å². The number of pyridine rings is 1. The van der Waals surface area contributed by atoms with Gasteiger partial charge in [0.2, 0.25) is 5.91 Å². The maximum atomic E-state index is 13.1. The maximum absolute atomic E-state index is 13.1. The molecule has 3 aliphatic rings. The molecule has 1 saturated heterocycles. The molecule has 1 fully saturated rings. The lowest BCUT2D eigenvalue weighted by Gasteiger charge is -2.35. The molecule has 3 N–H and O–H groups in total. The van der Waals surface area contributed by atoms with Gasteiger partial charge in [0.1, 0.15) is 30.0 Å². The first-order valence-corrected chi connectivity index (χ1v) is 13.2. The average Bonchev–Trinajstić information content (AvgIpc) is 2.94. The van der Waals surface area contributed by atoms with E-state index in [0.29, 0.717) is 36.5 Å². The molecule has 0 radical (unpaired) electrons. The van der Waals surface area contributed by atoms with Gasteiger partial charge in [-0.25, -0.2) is 10.4 Å². The Bertz CT molecular complexity index is 1220. The Morgan fingerprint density at radius 2 is 1.74 bits per heavy atom. The van der Waals surface area contributed by atoms with Gasteiger partial charge in [0.05, 0.1) is 11.4 Å². The number of ether oxygens (including phenoxy) is 2. The highest BCUT2D eigenvalue weighted by Gasteiger charge is 2.34. The van der Waals surface area contributed by atoms with Gasteiger partial charge in [-0.2, -0.15) is 0 Å². The monoisotopic (exact) mass is 537 g/mol. The summed E-state index contributed by atoms with van der Waals surface area (Å²) in [4.78, 5) is 56.4. The second-order valence-corrected chi connectivity index (χ2v) is 10.2. The van der Waals surface area contributed by atoms with E-state index in [1.807, 2.05) is 24.3 Å². The first-order valence-electron chi connectivity index (χ1n) is 13.2. The van der Waals surface area contributed by atoms with Crippen LogP contribution < -0.4 is 20.8 Å². The van der Waals surface area contributed by atoms with E-state index >= 15 is 0 Å². The standard InChI is InChI=1S/C28H35N5O6/c1-16(2)25-26(35)29-17(3)27(36)33-14-6-9-23(32-33)28(37)39-18(4)21-7-5-8-22(30-21)19-10-12-20(13-11-19)38-15-24(34)31-25/h5,7-8,10-13,16-18,23,25,32H,6,9,14-15H2,1-4H3,(H,29,35)(H,31,34)/t17-,18+,23-,25-/m0/s1. The third-order valence-corrected chi connectivity index (χ3v) is 6.73. The minimum Gasteiger partial charge on any atom is -0.484 e. The van der Waals surface area contributed by atoms with Crippen molar-refractivity contribution >= 4 is 23.7 Å². The van der Waals surface area contributed by atoms with Gasteiger partial charge >= 0.3 is 5.97 Å². The van der Waals surface area contributed by atoms with Crippen molar-refractivity contribution < 1.29 is 28.7 Å². The predicted octanol–water partition coefficient (Wildman–Crippen LogP) is 1.89. The highest BCUT2D eigenvalue weighted by Crippen LogP contribution is 2.24. The Balaban J connectivity index is 1.61. The first kappa shape index (κ1) is 28.0. The van der Waals surface area contributed by atoms with Crippen molar-refractivity contribution in [1.29, 1.82) is 0 Å². The van der Waals surface area contributed by atoms with Crippen LogP contribution in [-0.2, 0) is 23.9 Å². The number of aromatic nitrogens is 1. The SMILES string of the molecule is CC(C)[C@@H]1NC(=O)COc2ccc(cc2)-c2cccc(n2)[C@@H](C)OC(=O)[C@@H]2CCCN(N2)C(=O)[C@H](C)NC1=O. The molecule has 208 valence electrons. The summed E-state index contributed by atoms with van der Waals surface area (Å²) in [5.41, 5.74) is 5.05. The number of hydrogen-bond acceptors (Lipinski definition) is 8. The number of fused-ring (bicyclic) bond motifs is 12. The molecular formula is C28H35N5O6. The molecule has 11 nitrogen and oxygen atoms in total. The number of benzene rings is 1. The normalized spacial score (nSPS) is 25.1. The zero-order chi connectivity index (χ0) is 28.1. The van der Waals surface area contributed by atoms with Gasteiger partial charge < -0.3 is 20.1 Å². The smallest absolute Gasteiger partial charge is 0.325 e. The van der Waals surface area contributed by atoms with E-state index < -0.39 is 47.9 Å². The summed E-state index contributed by atoms with van der Waals surface area (Å²) in [6.07, 6.45) is 0.469. The highest BCUT2D eigenvalue weighted by atomic mass is 16.5. The molecule has 11 heteroatoms. The fourth-order valence-corrected chi connectivity index (χ4v) is 4.49. The van der Waals surface area contributed by atoms with Gasteiger partial charge in [0, 0.05) is 12.1 Å². The largest absolute Gasteiger partial charge is 0.484 e. The van der Waals surface area contributed by atoms with Gasteiger partial charge in [-0.1, -0.05) is 19.9 Å². The number of amides is 3. The van der Waals surface area contributed by atoms with Crippen LogP contribution in [0.4, 0.5) is 0 Å². The molecule has 1 aromatic heterocycles. The average molecular weight is 538 g/mol. The zero-order valence-electron chi connectivity index (χ0n) is 22.6. The quantitative estimate of drug-likeness (QED) is 0.370. The van der Waals surface area contributed by atoms with Crippen molar-refractivity contribution in [2.24, 2.45) is 5.92 Å². The maximum Gasteiger partial charge on any atom is 0.325 e. The van der Waals surface area contributed by atoms with E-state index in [4.69, 9.17) is 9.47 Å². The fourth-order valence-electron chi connectivity index (χ4n) is 4.49. The lowest BCUT2D eigenvalue weighted by atomic mass is 10.0. The van der Waals surface area contributed by atoms with E-state index in [2.05, 4.69) is 21.0 Å². The summed E-state index contributed by atoms with van der Waals surface area (Å²) >= 11 is 0. The van der Waals surface area contributed by atoms with Crippen LogP contribution in [0, 0.1) is 5.92 Å².